The summed E-state index contributed by atoms with van der Waals surface area (Å²) in [5.74, 6) is 0.0204. The maximum Gasteiger partial charge on any atom is 0.336 e. The van der Waals surface area contributed by atoms with Gasteiger partial charge in [0.05, 0.1) is 12.1 Å². The van der Waals surface area contributed by atoms with Crippen LogP contribution in [0.1, 0.15) is 63.5 Å². The van der Waals surface area contributed by atoms with Crippen LogP contribution in [0.25, 0.3) is 11.0 Å². The van der Waals surface area contributed by atoms with Crippen LogP contribution < -0.4 is 15.7 Å². The highest BCUT2D eigenvalue weighted by molar-refractivity contribution is 5.88. The lowest BCUT2D eigenvalue weighted by molar-refractivity contribution is -0.144. The van der Waals surface area contributed by atoms with Crippen molar-refractivity contribution in [1.82, 2.24) is 10.2 Å². The molecular weight excluding hydrogens is 448 g/mol. The van der Waals surface area contributed by atoms with E-state index < -0.39 is 23.2 Å². The molecule has 8 heteroatoms. The number of amides is 2. The van der Waals surface area contributed by atoms with Gasteiger partial charge < -0.3 is 24.5 Å². The van der Waals surface area contributed by atoms with Crippen molar-refractivity contribution in [3.05, 3.63) is 39.7 Å². The first-order chi connectivity index (χ1) is 16.7. The number of hydrogen-bond donors (Lipinski definition) is 2. The van der Waals surface area contributed by atoms with Crippen molar-refractivity contribution in [3.8, 4) is 5.75 Å². The highest BCUT2D eigenvalue weighted by atomic mass is 16.5. The van der Waals surface area contributed by atoms with Gasteiger partial charge in [-0.05, 0) is 57.2 Å². The Kier molecular flexibility index (Phi) is 7.50. The van der Waals surface area contributed by atoms with Gasteiger partial charge in [-0.2, -0.15) is 0 Å². The molecule has 1 aromatic carbocycles. The number of likely N-dealkylation sites (tertiary alicyclic amines) is 1. The topological polar surface area (TPSA) is 109 Å². The largest absolute Gasteiger partial charge is 0.480 e. The summed E-state index contributed by atoms with van der Waals surface area (Å²) in [6.45, 7) is 6.41. The number of carbonyl (C=O) groups excluding carboxylic acids is 2. The molecule has 4 rings (SSSR count). The molecule has 3 atom stereocenters. The third-order valence-electron chi connectivity index (χ3n) is 7.58. The van der Waals surface area contributed by atoms with Crippen LogP contribution in [0, 0.1) is 12.8 Å². The number of nitrogens with one attached hydrogen (secondary N) is 1. The molecule has 0 spiro atoms. The van der Waals surface area contributed by atoms with Crippen molar-refractivity contribution in [2.75, 3.05) is 19.6 Å². The monoisotopic (exact) mass is 484 g/mol. The van der Waals surface area contributed by atoms with Crippen LogP contribution in [0.15, 0.2) is 27.4 Å². The summed E-state index contributed by atoms with van der Waals surface area (Å²) < 4.78 is 11.3. The Hall–Kier alpha value is -2.87. The molecule has 1 aromatic heterocycles. The van der Waals surface area contributed by atoms with Crippen molar-refractivity contribution in [2.45, 2.75) is 77.4 Å². The second kappa shape index (κ2) is 10.4. The van der Waals surface area contributed by atoms with E-state index in [1.54, 1.807) is 24.8 Å². The molecule has 2 heterocycles. The van der Waals surface area contributed by atoms with E-state index in [0.29, 0.717) is 36.4 Å². The summed E-state index contributed by atoms with van der Waals surface area (Å²) in [6, 6.07) is 5.16. The first-order valence-corrected chi connectivity index (χ1v) is 12.7. The second-order valence-corrected chi connectivity index (χ2v) is 10.0. The molecular formula is C27H36N2O6. The molecule has 2 N–H and O–H groups in total. The van der Waals surface area contributed by atoms with Gasteiger partial charge in [0.15, 0.2) is 6.10 Å². The van der Waals surface area contributed by atoms with E-state index in [0.717, 1.165) is 49.5 Å². The Morgan fingerprint density at radius 3 is 2.89 bits per heavy atom. The number of nitrogens with zero attached hydrogens (tertiary/aromatic N) is 1. The van der Waals surface area contributed by atoms with Crippen LogP contribution in [0.3, 0.4) is 0 Å². The van der Waals surface area contributed by atoms with E-state index in [9.17, 15) is 19.5 Å². The number of ether oxygens (including phenoxy) is 1. The number of aliphatic hydroxyl groups is 1. The fraction of sp³-hybridized carbons (Fsp3) is 0.593. The Labute approximate surface area is 205 Å². The summed E-state index contributed by atoms with van der Waals surface area (Å²) in [6.07, 6.45) is 5.29. The molecule has 190 valence electrons. The molecule has 0 radical (unpaired) electrons. The number of rotatable bonds is 7. The highest BCUT2D eigenvalue weighted by Crippen LogP contribution is 2.39. The molecule has 1 saturated carbocycles. The minimum absolute atomic E-state index is 0.108. The van der Waals surface area contributed by atoms with Gasteiger partial charge in [-0.1, -0.05) is 26.2 Å². The van der Waals surface area contributed by atoms with Crippen LogP contribution in [-0.4, -0.2) is 53.2 Å². The van der Waals surface area contributed by atoms with Gasteiger partial charge in [-0.3, -0.25) is 9.59 Å². The zero-order valence-electron chi connectivity index (χ0n) is 20.9. The van der Waals surface area contributed by atoms with E-state index in [1.165, 1.54) is 6.07 Å². The SMILES string of the molecule is CCCc1cc(=O)oc2c(C)c(O[C@H](C)C(=O)NCC(=O)N3CC[C@]4(O)CCCC[C@H]4C3)ccc12. The van der Waals surface area contributed by atoms with Crippen LogP contribution in [-0.2, 0) is 16.0 Å². The quantitative estimate of drug-likeness (QED) is 0.585. The smallest absolute Gasteiger partial charge is 0.336 e. The molecule has 0 unspecified atom stereocenters. The van der Waals surface area contributed by atoms with Gasteiger partial charge in [0, 0.05) is 36.0 Å². The van der Waals surface area contributed by atoms with Gasteiger partial charge in [0.2, 0.25) is 5.91 Å². The predicted molar refractivity (Wildman–Crippen MR) is 132 cm³/mol. The molecule has 2 aliphatic rings. The van der Waals surface area contributed by atoms with Gasteiger partial charge in [-0.15, -0.1) is 0 Å². The van der Waals surface area contributed by atoms with E-state index >= 15 is 0 Å². The Morgan fingerprint density at radius 1 is 1.31 bits per heavy atom. The van der Waals surface area contributed by atoms with Crippen LogP contribution in [0.4, 0.5) is 0 Å². The molecule has 8 nitrogen and oxygen atoms in total. The number of piperidine rings is 1. The van der Waals surface area contributed by atoms with Crippen LogP contribution in [0.5, 0.6) is 5.75 Å². The van der Waals surface area contributed by atoms with E-state index in [2.05, 4.69) is 12.2 Å². The van der Waals surface area contributed by atoms with Crippen LogP contribution in [0.2, 0.25) is 0 Å². The summed E-state index contributed by atoms with van der Waals surface area (Å²) in [4.78, 5) is 39.2. The zero-order valence-corrected chi connectivity index (χ0v) is 20.9. The van der Waals surface area contributed by atoms with E-state index in [1.807, 2.05) is 6.07 Å². The average molecular weight is 485 g/mol. The fourth-order valence-corrected chi connectivity index (χ4v) is 5.47. The number of fused-ring (bicyclic) bond motifs is 2. The molecule has 2 amide bonds. The number of hydrogen-bond acceptors (Lipinski definition) is 6. The maximum atomic E-state index is 12.7. The lowest BCUT2D eigenvalue weighted by atomic mass is 9.71. The third kappa shape index (κ3) is 5.37. The Morgan fingerprint density at radius 2 is 2.11 bits per heavy atom. The molecule has 35 heavy (non-hydrogen) atoms. The van der Waals surface area contributed by atoms with Gasteiger partial charge in [-0.25, -0.2) is 4.79 Å². The van der Waals surface area contributed by atoms with Crippen molar-refractivity contribution < 1.29 is 23.8 Å². The highest BCUT2D eigenvalue weighted by Gasteiger charge is 2.43. The second-order valence-electron chi connectivity index (χ2n) is 10.0. The van der Waals surface area contributed by atoms with Gasteiger partial charge >= 0.3 is 5.63 Å². The standard InChI is InChI=1S/C27H36N2O6/c1-4-7-19-14-24(31)35-25-17(2)22(10-9-21(19)25)34-18(3)26(32)28-15-23(30)29-13-12-27(33)11-6-5-8-20(27)16-29/h9-10,14,18,20,33H,4-8,11-13,15-16H2,1-3H3,(H,28,32)/t18-,20+,27-/m1/s1. The normalized spacial score (nSPS) is 23.0. The number of aryl methyl sites for hydroxylation is 2. The minimum Gasteiger partial charge on any atom is -0.480 e. The zero-order chi connectivity index (χ0) is 25.2. The first-order valence-electron chi connectivity index (χ1n) is 12.7. The molecule has 2 fully saturated rings. The van der Waals surface area contributed by atoms with Crippen molar-refractivity contribution in [2.24, 2.45) is 5.92 Å². The Bertz CT molecular complexity index is 1160. The average Bonchev–Trinajstić information content (AvgIpc) is 2.83. The van der Waals surface area contributed by atoms with Gasteiger partial charge in [0.1, 0.15) is 11.3 Å². The number of carbonyl (C=O) groups is 2. The fourth-order valence-electron chi connectivity index (χ4n) is 5.47. The van der Waals surface area contributed by atoms with Crippen molar-refractivity contribution in [1.29, 1.82) is 0 Å². The molecule has 2 aromatic rings. The molecule has 1 saturated heterocycles. The molecule has 1 aliphatic heterocycles. The van der Waals surface area contributed by atoms with E-state index in [-0.39, 0.29) is 18.4 Å². The first kappa shape index (κ1) is 25.2. The van der Waals surface area contributed by atoms with Crippen LogP contribution >= 0.6 is 0 Å². The van der Waals surface area contributed by atoms with Gasteiger partial charge in [0.25, 0.3) is 5.91 Å². The lowest BCUT2D eigenvalue weighted by Crippen LogP contribution is -2.56. The molecule has 0 bridgehead atoms. The van der Waals surface area contributed by atoms with Crippen molar-refractivity contribution >= 4 is 22.8 Å². The molecule has 1 aliphatic carbocycles. The summed E-state index contributed by atoms with van der Waals surface area (Å²) in [7, 11) is 0. The number of benzene rings is 1. The Balaban J connectivity index is 1.36. The summed E-state index contributed by atoms with van der Waals surface area (Å²) in [5, 5.41) is 14.4. The lowest BCUT2D eigenvalue weighted by Gasteiger charge is -2.47. The maximum absolute atomic E-state index is 12.7. The van der Waals surface area contributed by atoms with E-state index in [4.69, 9.17) is 9.15 Å². The summed E-state index contributed by atoms with van der Waals surface area (Å²) in [5.41, 5.74) is 1.00. The summed E-state index contributed by atoms with van der Waals surface area (Å²) >= 11 is 0. The van der Waals surface area contributed by atoms with Crippen molar-refractivity contribution in [3.63, 3.8) is 0 Å². The predicted octanol–water partition coefficient (Wildman–Crippen LogP) is 3.09. The minimum atomic E-state index is -0.839. The third-order valence-corrected chi connectivity index (χ3v) is 7.58.